The maximum atomic E-state index is 12.5. The minimum Gasteiger partial charge on any atom is -0.387 e. The van der Waals surface area contributed by atoms with Gasteiger partial charge in [-0.25, -0.2) is 0 Å². The number of anilines is 1. The molecule has 3 aliphatic rings. The van der Waals surface area contributed by atoms with E-state index in [0.717, 1.165) is 53.2 Å². The van der Waals surface area contributed by atoms with Crippen molar-refractivity contribution < 1.29 is 14.6 Å². The molecule has 8 heteroatoms. The second-order valence-electron chi connectivity index (χ2n) is 8.07. The summed E-state index contributed by atoms with van der Waals surface area (Å²) in [6, 6.07) is 0. The minimum absolute atomic E-state index is 0.230. The molecule has 2 N–H and O–H groups in total. The number of H-pyrrole nitrogens is 1. The van der Waals surface area contributed by atoms with Crippen LogP contribution in [0.25, 0.3) is 11.8 Å². The van der Waals surface area contributed by atoms with E-state index >= 15 is 0 Å². The van der Waals surface area contributed by atoms with Gasteiger partial charge in [0.25, 0.3) is 5.91 Å². The van der Waals surface area contributed by atoms with Crippen LogP contribution >= 0.6 is 11.6 Å². The van der Waals surface area contributed by atoms with Crippen LogP contribution in [0.4, 0.5) is 5.69 Å². The van der Waals surface area contributed by atoms with Crippen LogP contribution < -0.4 is 15.6 Å². The molecule has 0 atom stereocenters. The first kappa shape index (κ1) is 20.3. The topological polar surface area (TPSA) is 90.3 Å². The lowest BCUT2D eigenvalue weighted by molar-refractivity contribution is -0.121. The van der Waals surface area contributed by atoms with Crippen molar-refractivity contribution in [3.63, 3.8) is 0 Å². The van der Waals surface area contributed by atoms with E-state index in [-0.39, 0.29) is 24.0 Å². The highest BCUT2D eigenvalue weighted by atomic mass is 35.5. The first-order chi connectivity index (χ1) is 14.0. The summed E-state index contributed by atoms with van der Waals surface area (Å²) in [5, 5.41) is 20.0. The van der Waals surface area contributed by atoms with E-state index < -0.39 is 6.61 Å². The van der Waals surface area contributed by atoms with Gasteiger partial charge in [-0.15, -0.1) is 0 Å². The maximum Gasteiger partial charge on any atom is 0.253 e. The Morgan fingerprint density at radius 2 is 2.14 bits per heavy atom. The van der Waals surface area contributed by atoms with Crippen LogP contribution in [0.15, 0.2) is 21.3 Å². The molecule has 1 fully saturated rings. The molecule has 1 aliphatic carbocycles. The monoisotopic (exact) mass is 418 g/mol. The third-order valence-electron chi connectivity index (χ3n) is 5.84. The van der Waals surface area contributed by atoms with E-state index in [9.17, 15) is 9.90 Å². The zero-order valence-electron chi connectivity index (χ0n) is 16.8. The zero-order chi connectivity index (χ0) is 20.5. The number of amides is 1. The molecule has 2 aliphatic heterocycles. The minimum atomic E-state index is -0.553. The molecule has 1 amide bonds. The highest BCUT2D eigenvalue weighted by Gasteiger charge is 2.32. The third kappa shape index (κ3) is 3.91. The van der Waals surface area contributed by atoms with Crippen LogP contribution in [0.3, 0.4) is 0 Å². The molecule has 156 valence electrons. The number of aliphatic hydroxyl groups is 1. The number of aromatic nitrogens is 1. The van der Waals surface area contributed by atoms with Gasteiger partial charge >= 0.3 is 0 Å². The normalized spacial score (nSPS) is 24.0. The van der Waals surface area contributed by atoms with Gasteiger partial charge in [0.2, 0.25) is 0 Å². The number of hydrogen-bond acceptors (Lipinski definition) is 5. The number of azo groups is 1. The van der Waals surface area contributed by atoms with Gasteiger partial charge in [-0.1, -0.05) is 11.6 Å². The molecule has 0 radical (unpaired) electrons. The highest BCUT2D eigenvalue weighted by molar-refractivity contribution is 6.36. The fraction of sp³-hybridized carbons (Fsp3) is 0.571. The van der Waals surface area contributed by atoms with Crippen molar-refractivity contribution in [2.75, 3.05) is 18.1 Å². The van der Waals surface area contributed by atoms with Crippen molar-refractivity contribution in [1.82, 2.24) is 4.98 Å². The van der Waals surface area contributed by atoms with Crippen molar-refractivity contribution in [3.8, 4) is 0 Å². The number of halogens is 1. The summed E-state index contributed by atoms with van der Waals surface area (Å²) in [6.07, 6.45) is 8.00. The van der Waals surface area contributed by atoms with Crippen LogP contribution in [0.1, 0.15) is 45.1 Å². The molecule has 0 aromatic carbocycles. The number of aliphatic hydroxyl groups excluding tert-OH is 1. The number of ether oxygens (including phenoxy) is 1. The summed E-state index contributed by atoms with van der Waals surface area (Å²) in [5.74, 6) is -0.0748. The number of carbonyl (C=O) groups is 1. The molecule has 3 heterocycles. The maximum absolute atomic E-state index is 12.5. The molecule has 29 heavy (non-hydrogen) atoms. The Morgan fingerprint density at radius 3 is 2.83 bits per heavy atom. The highest BCUT2D eigenvalue weighted by Crippen LogP contribution is 2.38. The van der Waals surface area contributed by atoms with E-state index in [1.54, 1.807) is 11.1 Å². The third-order valence-corrected chi connectivity index (χ3v) is 6.20. The molecule has 4 rings (SSSR count). The molecule has 0 unspecified atom stereocenters. The Balaban J connectivity index is 1.80. The van der Waals surface area contributed by atoms with E-state index in [1.165, 1.54) is 0 Å². The number of fused-ring (bicyclic) bond motifs is 3. The van der Waals surface area contributed by atoms with Crippen LogP contribution in [-0.2, 0) is 16.1 Å². The van der Waals surface area contributed by atoms with Gasteiger partial charge in [0.15, 0.2) is 0 Å². The van der Waals surface area contributed by atoms with Crippen LogP contribution in [0, 0.1) is 5.92 Å². The molecule has 1 aromatic rings. The summed E-state index contributed by atoms with van der Waals surface area (Å²) in [5.41, 5.74) is 2.74. The fourth-order valence-corrected chi connectivity index (χ4v) is 4.91. The van der Waals surface area contributed by atoms with Gasteiger partial charge in [0.05, 0.1) is 41.3 Å². The second-order valence-corrected chi connectivity index (χ2v) is 8.48. The van der Waals surface area contributed by atoms with Gasteiger partial charge in [-0.2, -0.15) is 10.2 Å². The first-order valence-corrected chi connectivity index (χ1v) is 10.6. The number of rotatable bonds is 4. The number of nitrogens with zero attached hydrogens (tertiary/aromatic N) is 3. The van der Waals surface area contributed by atoms with Crippen LogP contribution in [0.5, 0.6) is 0 Å². The molecule has 1 aromatic heterocycles. The Bertz CT molecular complexity index is 971. The van der Waals surface area contributed by atoms with Crippen molar-refractivity contribution in [1.29, 1.82) is 0 Å². The lowest BCUT2D eigenvalue weighted by atomic mass is 9.81. The van der Waals surface area contributed by atoms with Gasteiger partial charge in [-0.3, -0.25) is 4.79 Å². The number of carbonyl (C=O) groups excluding carboxylic acids is 1. The average molecular weight is 419 g/mol. The summed E-state index contributed by atoms with van der Waals surface area (Å²) in [6.45, 7) is 4.31. The zero-order valence-corrected chi connectivity index (χ0v) is 17.6. The van der Waals surface area contributed by atoms with Crippen molar-refractivity contribution in [3.05, 3.63) is 27.4 Å². The summed E-state index contributed by atoms with van der Waals surface area (Å²) < 4.78 is 6.00. The van der Waals surface area contributed by atoms with E-state index in [0.29, 0.717) is 18.1 Å². The van der Waals surface area contributed by atoms with Crippen LogP contribution in [0.2, 0.25) is 0 Å². The van der Waals surface area contributed by atoms with Gasteiger partial charge in [-0.05, 0) is 57.1 Å². The Kier molecular flexibility index (Phi) is 5.90. The summed E-state index contributed by atoms with van der Waals surface area (Å²) in [7, 11) is 0. The van der Waals surface area contributed by atoms with Crippen molar-refractivity contribution in [2.45, 2.75) is 58.3 Å². The Labute approximate surface area is 174 Å². The Morgan fingerprint density at radius 1 is 1.38 bits per heavy atom. The number of hydrogen-bond donors (Lipinski definition) is 2. The average Bonchev–Trinajstić information content (AvgIpc) is 3.01. The molecule has 1 saturated carbocycles. The molecule has 0 bridgehead atoms. The summed E-state index contributed by atoms with van der Waals surface area (Å²) >= 11 is 6.76. The fourth-order valence-electron chi connectivity index (χ4n) is 4.60. The summed E-state index contributed by atoms with van der Waals surface area (Å²) in [4.78, 5) is 17.5. The van der Waals surface area contributed by atoms with E-state index in [4.69, 9.17) is 16.3 Å². The molecular formula is C21H27ClN4O3. The molecular weight excluding hydrogens is 392 g/mol. The van der Waals surface area contributed by atoms with Gasteiger partial charge in [0, 0.05) is 17.1 Å². The molecule has 0 saturated heterocycles. The lowest BCUT2D eigenvalue weighted by Crippen LogP contribution is -2.36. The van der Waals surface area contributed by atoms with Crippen LogP contribution in [-0.4, -0.2) is 41.4 Å². The number of aromatic amines is 1. The smallest absolute Gasteiger partial charge is 0.253 e. The molecule has 0 spiro atoms. The van der Waals surface area contributed by atoms with Gasteiger partial charge < -0.3 is 19.7 Å². The van der Waals surface area contributed by atoms with Crippen molar-refractivity contribution >= 4 is 35.0 Å². The predicted octanol–water partition coefficient (Wildman–Crippen LogP) is 2.31. The quantitative estimate of drug-likeness (QED) is 0.786. The van der Waals surface area contributed by atoms with Gasteiger partial charge in [0.1, 0.15) is 6.61 Å². The SMILES string of the molecule is CC(C)O[C@H]1CC[C@H](C2=c3[nH]c4c(c3N(C(=O)CO)CC=C2Cl)CN=NC=4)CC1. The van der Waals surface area contributed by atoms with E-state index in [2.05, 4.69) is 29.1 Å². The number of nitrogens with one attached hydrogen (secondary N) is 1. The predicted molar refractivity (Wildman–Crippen MR) is 112 cm³/mol. The second kappa shape index (κ2) is 8.42. The standard InChI is InChI=1S/C21H27ClN4O3/c1-12(2)29-14-5-3-13(4-6-14)19-16(22)7-8-26(18(28)11-27)21-15-9-23-24-10-17(15)25-20(19)21/h7,10,12-14,25,27H,3-6,8-9,11H2,1-2H3/t13-,14-. The number of allylic oxidation sites excluding steroid dienone is 1. The Hall–Kier alpha value is -1.96. The molecule has 7 nitrogen and oxygen atoms in total. The van der Waals surface area contributed by atoms with Crippen molar-refractivity contribution in [2.24, 2.45) is 16.1 Å². The largest absolute Gasteiger partial charge is 0.387 e. The lowest BCUT2D eigenvalue weighted by Gasteiger charge is -2.31. The first-order valence-electron chi connectivity index (χ1n) is 10.2. The van der Waals surface area contributed by atoms with E-state index in [1.807, 2.05) is 6.08 Å².